The molecule has 0 saturated heterocycles. The number of aromatic nitrogens is 2. The van der Waals surface area contributed by atoms with E-state index in [4.69, 9.17) is 9.84 Å². The van der Waals surface area contributed by atoms with Crippen LogP contribution in [0.25, 0.3) is 11.1 Å². The van der Waals surface area contributed by atoms with E-state index in [1.165, 1.54) is 21.4 Å². The maximum atomic E-state index is 12.6. The number of carbonyl (C=O) groups is 1. The first-order valence-electron chi connectivity index (χ1n) is 10.8. The van der Waals surface area contributed by atoms with Gasteiger partial charge >= 0.3 is 0 Å². The largest absolute Gasteiger partial charge is 0.497 e. The van der Waals surface area contributed by atoms with Gasteiger partial charge < -0.3 is 9.64 Å². The first-order valence-corrected chi connectivity index (χ1v) is 13.3. The van der Waals surface area contributed by atoms with E-state index >= 15 is 0 Å². The Bertz CT molecular complexity index is 1210. The van der Waals surface area contributed by atoms with Crippen LogP contribution in [0.5, 0.6) is 5.75 Å². The summed E-state index contributed by atoms with van der Waals surface area (Å²) in [7, 11) is 10.2. The molecule has 0 saturated carbocycles. The fourth-order valence-electron chi connectivity index (χ4n) is 4.42. The van der Waals surface area contributed by atoms with Crippen LogP contribution in [-0.2, 0) is 22.5 Å². The van der Waals surface area contributed by atoms with Gasteiger partial charge in [-0.15, -0.1) is 39.1 Å². The van der Waals surface area contributed by atoms with Crippen LogP contribution in [-0.4, -0.2) is 34.2 Å². The smallest absolute Gasteiger partial charge is 0.246 e. The van der Waals surface area contributed by atoms with Crippen molar-refractivity contribution >= 4 is 45.0 Å². The molecule has 9 heteroatoms. The molecule has 0 fully saturated rings. The van der Waals surface area contributed by atoms with E-state index in [9.17, 15) is 4.79 Å². The van der Waals surface area contributed by atoms with Gasteiger partial charge in [0, 0.05) is 40.5 Å². The molecule has 5 nitrogen and oxygen atoms in total. The summed E-state index contributed by atoms with van der Waals surface area (Å²) < 4.78 is 7.21. The molecule has 4 rings (SSSR count). The maximum Gasteiger partial charge on any atom is 0.246 e. The van der Waals surface area contributed by atoms with Crippen molar-refractivity contribution < 1.29 is 9.53 Å². The third-order valence-corrected chi connectivity index (χ3v) is 7.86. The average Bonchev–Trinajstić information content (AvgIpc) is 3.40. The van der Waals surface area contributed by atoms with Gasteiger partial charge in [-0.05, 0) is 54.8 Å². The Morgan fingerprint density at radius 2 is 2.06 bits per heavy atom. The summed E-state index contributed by atoms with van der Waals surface area (Å²) in [6.07, 6.45) is 3.52. The van der Waals surface area contributed by atoms with Crippen LogP contribution in [0.4, 0.5) is 0 Å². The van der Waals surface area contributed by atoms with Gasteiger partial charge in [0.15, 0.2) is 0 Å². The third-order valence-electron chi connectivity index (χ3n) is 5.99. The van der Waals surface area contributed by atoms with Gasteiger partial charge in [-0.25, -0.2) is 0 Å². The van der Waals surface area contributed by atoms with Crippen molar-refractivity contribution in [1.29, 1.82) is 0 Å². The monoisotopic (exact) mass is 517 g/mol. The van der Waals surface area contributed by atoms with Gasteiger partial charge in [0.25, 0.3) is 0 Å². The molecule has 1 amide bonds. The lowest BCUT2D eigenvalue weighted by molar-refractivity contribution is -0.127. The van der Waals surface area contributed by atoms with Crippen molar-refractivity contribution in [2.24, 2.45) is 0 Å². The minimum absolute atomic E-state index is 0.0369. The van der Waals surface area contributed by atoms with Gasteiger partial charge in [-0.2, -0.15) is 5.10 Å². The fourth-order valence-corrected chi connectivity index (χ4v) is 6.17. The summed E-state index contributed by atoms with van der Waals surface area (Å²) in [6.45, 7) is 9.95. The molecule has 0 N–H and O–H groups in total. The van der Waals surface area contributed by atoms with Crippen molar-refractivity contribution in [2.45, 2.75) is 37.5 Å². The zero-order chi connectivity index (χ0) is 23.9. The number of hydrogen-bond acceptors (Lipinski definition) is 4. The summed E-state index contributed by atoms with van der Waals surface area (Å²) >= 11 is 1.77. The molecule has 4 unspecified atom stereocenters. The molecule has 174 valence electrons. The van der Waals surface area contributed by atoms with E-state index in [0.717, 1.165) is 34.7 Å². The van der Waals surface area contributed by atoms with Crippen LogP contribution >= 0.6 is 39.1 Å². The Balaban J connectivity index is 1.94. The number of carbonyl (C=O) groups excluding carboxylic acids is 1. The molecule has 0 spiro atoms. The lowest BCUT2D eigenvalue weighted by atomic mass is 9.83. The fraction of sp³-hybridized carbons (Fsp3) is 0.333. The molecule has 1 aliphatic rings. The first kappa shape index (κ1) is 24.6. The van der Waals surface area contributed by atoms with Crippen molar-refractivity contribution in [2.75, 3.05) is 13.7 Å². The Labute approximate surface area is 206 Å². The highest BCUT2D eigenvalue weighted by Gasteiger charge is 2.33. The van der Waals surface area contributed by atoms with Crippen LogP contribution in [0, 0.1) is 6.92 Å². The number of amides is 1. The SMILES string of the molecule is C=CC(=O)N1Cc2sc(C)cc2C(c2ccc(OC)cc2-c2cn(CC)nc2C(P)(P)P)C1. The number of methoxy groups -OCH3 is 1. The van der Waals surface area contributed by atoms with Gasteiger partial charge in [-0.1, -0.05) is 12.6 Å². The molecule has 4 atom stereocenters. The molecule has 0 bridgehead atoms. The van der Waals surface area contributed by atoms with Gasteiger partial charge in [-0.3, -0.25) is 9.48 Å². The maximum absolute atomic E-state index is 12.6. The zero-order valence-corrected chi connectivity index (χ0v) is 23.4. The highest BCUT2D eigenvalue weighted by atomic mass is 32.1. The molecule has 1 aliphatic heterocycles. The number of aryl methyl sites for hydroxylation is 2. The Kier molecular flexibility index (Phi) is 7.13. The van der Waals surface area contributed by atoms with E-state index in [1.807, 2.05) is 15.6 Å². The van der Waals surface area contributed by atoms with Crippen LogP contribution in [0.1, 0.15) is 39.4 Å². The van der Waals surface area contributed by atoms with Crippen molar-refractivity contribution in [1.82, 2.24) is 14.7 Å². The van der Waals surface area contributed by atoms with E-state index in [1.54, 1.807) is 18.4 Å². The third kappa shape index (κ3) is 4.82. The Morgan fingerprint density at radius 1 is 1.30 bits per heavy atom. The lowest BCUT2D eigenvalue weighted by Crippen LogP contribution is -2.37. The summed E-state index contributed by atoms with van der Waals surface area (Å²) in [5.74, 6) is 0.807. The number of nitrogens with zero attached hydrogens (tertiary/aromatic N) is 3. The van der Waals surface area contributed by atoms with Gasteiger partial charge in [0.1, 0.15) is 5.75 Å². The quantitative estimate of drug-likeness (QED) is 0.328. The number of hydrogen-bond donors (Lipinski definition) is 0. The van der Waals surface area contributed by atoms with E-state index in [2.05, 4.69) is 72.5 Å². The second kappa shape index (κ2) is 9.59. The van der Waals surface area contributed by atoms with Gasteiger partial charge in [0.05, 0.1) is 24.0 Å². The van der Waals surface area contributed by atoms with E-state index in [0.29, 0.717) is 13.1 Å². The topological polar surface area (TPSA) is 47.4 Å². The molecule has 1 aromatic carbocycles. The first-order chi connectivity index (χ1) is 15.7. The van der Waals surface area contributed by atoms with Gasteiger partial charge in [0.2, 0.25) is 5.91 Å². The average molecular weight is 518 g/mol. The molecule has 3 heterocycles. The van der Waals surface area contributed by atoms with Crippen LogP contribution in [0.2, 0.25) is 0 Å². The summed E-state index contributed by atoms with van der Waals surface area (Å²) in [5, 5.41) is 4.86. The summed E-state index contributed by atoms with van der Waals surface area (Å²) in [4.78, 5) is 17.0. The summed E-state index contributed by atoms with van der Waals surface area (Å²) in [5.41, 5.74) is 5.56. The predicted molar refractivity (Wildman–Crippen MR) is 147 cm³/mol. The number of benzene rings is 1. The number of ether oxygens (including phenoxy) is 1. The number of fused-ring (bicyclic) bond motifs is 1. The molecule has 0 aliphatic carbocycles. The molecular weight excluding hydrogens is 487 g/mol. The van der Waals surface area contributed by atoms with Crippen molar-refractivity contribution in [3.63, 3.8) is 0 Å². The van der Waals surface area contributed by atoms with E-state index < -0.39 is 0 Å². The van der Waals surface area contributed by atoms with Crippen molar-refractivity contribution in [3.05, 3.63) is 69.7 Å². The number of thiophene rings is 1. The van der Waals surface area contributed by atoms with Crippen LogP contribution < -0.4 is 4.74 Å². The standard InChI is InChI=1S/C24H30N3O2P3S/c1-5-22(28)26-11-19(18-9-14(3)33-21(18)13-26)16-8-7-15(29-4)10-17(16)20-12-27(6-2)25-23(20)24(30,31)32/h5,7-10,12,19H,1,6,11,13,30-32H2,2-4H3. The minimum atomic E-state index is -0.363. The lowest BCUT2D eigenvalue weighted by Gasteiger charge is -2.33. The van der Waals surface area contributed by atoms with Crippen LogP contribution in [0.15, 0.2) is 43.1 Å². The van der Waals surface area contributed by atoms with E-state index in [-0.39, 0.29) is 16.5 Å². The Hall–Kier alpha value is -1.57. The zero-order valence-electron chi connectivity index (χ0n) is 19.2. The molecular formula is C24H30N3O2P3S. The number of rotatable bonds is 6. The molecule has 2 aromatic heterocycles. The molecule has 3 aromatic rings. The Morgan fingerprint density at radius 3 is 2.70 bits per heavy atom. The minimum Gasteiger partial charge on any atom is -0.497 e. The molecule has 33 heavy (non-hydrogen) atoms. The van der Waals surface area contributed by atoms with Crippen LogP contribution in [0.3, 0.4) is 0 Å². The second-order valence-corrected chi connectivity index (χ2v) is 14.6. The highest BCUT2D eigenvalue weighted by molar-refractivity contribution is 7.56. The second-order valence-electron chi connectivity index (χ2n) is 8.34. The molecule has 0 radical (unpaired) electrons. The predicted octanol–water partition coefficient (Wildman–Crippen LogP) is 5.34. The summed E-state index contributed by atoms with van der Waals surface area (Å²) in [6, 6.07) is 8.51. The van der Waals surface area contributed by atoms with Crippen molar-refractivity contribution in [3.8, 4) is 16.9 Å². The highest BCUT2D eigenvalue weighted by Crippen LogP contribution is 2.50. The normalized spacial score (nSPS) is 15.9.